The van der Waals surface area contributed by atoms with Crippen molar-refractivity contribution < 1.29 is 19.4 Å². The number of halogens is 3. The lowest BCUT2D eigenvalue weighted by Crippen LogP contribution is -2.32. The first-order valence-electron chi connectivity index (χ1n) is 6.71. The summed E-state index contributed by atoms with van der Waals surface area (Å²) in [5, 5.41) is 14.5. The monoisotopic (exact) mass is 386 g/mol. The van der Waals surface area contributed by atoms with Crippen molar-refractivity contribution in [2.45, 2.75) is 13.0 Å². The van der Waals surface area contributed by atoms with Crippen LogP contribution in [0, 0.1) is 0 Å². The highest BCUT2D eigenvalue weighted by Crippen LogP contribution is 2.28. The normalized spacial score (nSPS) is 11.7. The molecule has 0 aliphatic heterocycles. The van der Waals surface area contributed by atoms with Crippen LogP contribution in [0.1, 0.15) is 17.3 Å². The van der Waals surface area contributed by atoms with Gasteiger partial charge < -0.3 is 20.0 Å². The lowest BCUT2D eigenvalue weighted by Gasteiger charge is -2.17. The number of carbonyl (C=O) groups is 2. The van der Waals surface area contributed by atoms with Gasteiger partial charge in [0, 0.05) is 15.6 Å². The zero-order valence-corrected chi connectivity index (χ0v) is 14.6. The molecular weight excluding hydrogens is 377 g/mol. The number of nitrogens with one attached hydrogen (secondary N) is 1. The number of anilines is 1. The van der Waals surface area contributed by atoms with Crippen LogP contribution in [-0.2, 0) is 4.79 Å². The zero-order valence-electron chi connectivity index (χ0n) is 12.3. The van der Waals surface area contributed by atoms with Crippen LogP contribution in [0.25, 0.3) is 0 Å². The molecule has 2 aromatic carbocycles. The number of rotatable bonds is 5. The maximum absolute atomic E-state index is 12.2. The Labute approximate surface area is 153 Å². The molecule has 8 heteroatoms. The molecule has 0 aliphatic carbocycles. The van der Waals surface area contributed by atoms with Crippen molar-refractivity contribution in [2.24, 2.45) is 0 Å². The summed E-state index contributed by atoms with van der Waals surface area (Å²) >= 11 is 17.6. The van der Waals surface area contributed by atoms with Crippen molar-refractivity contribution in [1.82, 2.24) is 0 Å². The number of benzene rings is 2. The average Bonchev–Trinajstić information content (AvgIpc) is 2.49. The van der Waals surface area contributed by atoms with Gasteiger partial charge in [-0.2, -0.15) is 0 Å². The van der Waals surface area contributed by atoms with Crippen LogP contribution < -0.4 is 15.2 Å². The van der Waals surface area contributed by atoms with Gasteiger partial charge in [-0.25, -0.2) is 0 Å². The molecule has 24 heavy (non-hydrogen) atoms. The summed E-state index contributed by atoms with van der Waals surface area (Å²) in [6.07, 6.45) is -0.947. The lowest BCUT2D eigenvalue weighted by atomic mass is 10.1. The second-order valence-corrected chi connectivity index (χ2v) is 6.08. The fraction of sp³-hybridized carbons (Fsp3) is 0.125. The van der Waals surface area contributed by atoms with Crippen LogP contribution in [0.2, 0.25) is 15.1 Å². The van der Waals surface area contributed by atoms with Gasteiger partial charge in [0.05, 0.1) is 16.7 Å². The first-order valence-corrected chi connectivity index (χ1v) is 7.85. The molecule has 0 saturated heterocycles. The second-order valence-electron chi connectivity index (χ2n) is 4.80. The van der Waals surface area contributed by atoms with Gasteiger partial charge in [0.25, 0.3) is 5.91 Å². The molecule has 0 spiro atoms. The van der Waals surface area contributed by atoms with Crippen molar-refractivity contribution in [3.05, 3.63) is 57.0 Å². The van der Waals surface area contributed by atoms with Crippen molar-refractivity contribution in [3.8, 4) is 5.75 Å². The number of carboxylic acid groups (broad SMARTS) is 1. The Morgan fingerprint density at radius 3 is 2.33 bits per heavy atom. The quantitative estimate of drug-likeness (QED) is 0.852. The number of carbonyl (C=O) groups excluding carboxylic acids is 2. The first-order chi connectivity index (χ1) is 11.3. The molecular formula is C16H11Cl3NO4-. The third-order valence-corrected chi connectivity index (χ3v) is 3.79. The largest absolute Gasteiger partial charge is 0.545 e. The van der Waals surface area contributed by atoms with E-state index in [4.69, 9.17) is 39.5 Å². The standard InChI is InChI=1S/C16H12Cl3NO4/c1-8(24-14-5-3-9(17)6-12(14)19)15(21)20-13-7-10(18)2-4-11(13)16(22)23/h2-8H,1H3,(H,20,21)(H,22,23)/p-1/t8-/m0/s1. The fourth-order valence-corrected chi connectivity index (χ4v) is 2.47. The average molecular weight is 388 g/mol. The Morgan fingerprint density at radius 1 is 1.08 bits per heavy atom. The Balaban J connectivity index is 2.14. The minimum atomic E-state index is -1.43. The van der Waals surface area contributed by atoms with E-state index >= 15 is 0 Å². The fourth-order valence-electron chi connectivity index (χ4n) is 1.85. The SMILES string of the molecule is C[C@H](Oc1ccc(Cl)cc1Cl)C(=O)Nc1cc(Cl)ccc1C(=O)[O-]. The minimum Gasteiger partial charge on any atom is -0.545 e. The highest BCUT2D eigenvalue weighted by atomic mass is 35.5. The number of amides is 1. The Morgan fingerprint density at radius 2 is 1.71 bits per heavy atom. The molecule has 0 unspecified atom stereocenters. The molecule has 0 heterocycles. The maximum Gasteiger partial charge on any atom is 0.265 e. The van der Waals surface area contributed by atoms with Gasteiger partial charge in [-0.1, -0.05) is 34.8 Å². The van der Waals surface area contributed by atoms with Gasteiger partial charge >= 0.3 is 0 Å². The molecule has 0 radical (unpaired) electrons. The van der Waals surface area contributed by atoms with E-state index in [9.17, 15) is 14.7 Å². The Bertz CT molecular complexity index is 795. The molecule has 0 bridgehead atoms. The zero-order chi connectivity index (χ0) is 17.9. The van der Waals surface area contributed by atoms with Crippen LogP contribution in [0.4, 0.5) is 5.69 Å². The molecule has 2 aromatic rings. The highest BCUT2D eigenvalue weighted by molar-refractivity contribution is 6.35. The van der Waals surface area contributed by atoms with E-state index in [0.717, 1.165) is 0 Å². The van der Waals surface area contributed by atoms with E-state index < -0.39 is 18.0 Å². The number of hydrogen-bond donors (Lipinski definition) is 1. The van der Waals surface area contributed by atoms with Gasteiger partial charge in [-0.05, 0) is 43.3 Å². The predicted octanol–water partition coefficient (Wildman–Crippen LogP) is 3.42. The topological polar surface area (TPSA) is 78.5 Å². The summed E-state index contributed by atoms with van der Waals surface area (Å²) in [6, 6.07) is 8.52. The van der Waals surface area contributed by atoms with E-state index in [-0.39, 0.29) is 27.0 Å². The van der Waals surface area contributed by atoms with Gasteiger partial charge in [-0.15, -0.1) is 0 Å². The van der Waals surface area contributed by atoms with E-state index in [0.29, 0.717) is 5.02 Å². The summed E-state index contributed by atoms with van der Waals surface area (Å²) < 4.78 is 5.47. The second kappa shape index (κ2) is 7.75. The van der Waals surface area contributed by atoms with E-state index in [1.807, 2.05) is 0 Å². The number of aromatic carboxylic acids is 1. The van der Waals surface area contributed by atoms with Gasteiger partial charge in [0.15, 0.2) is 6.10 Å². The first kappa shape index (κ1) is 18.4. The lowest BCUT2D eigenvalue weighted by molar-refractivity contribution is -0.254. The summed E-state index contributed by atoms with van der Waals surface area (Å²) in [4.78, 5) is 23.3. The van der Waals surface area contributed by atoms with Crippen LogP contribution in [0.5, 0.6) is 5.75 Å². The summed E-state index contributed by atoms with van der Waals surface area (Å²) in [5.41, 5.74) is -0.172. The molecule has 0 saturated carbocycles. The Hall–Kier alpha value is -1.95. The number of hydrogen-bond acceptors (Lipinski definition) is 4. The minimum absolute atomic E-state index is 0.0187. The molecule has 0 aromatic heterocycles. The molecule has 0 fully saturated rings. The van der Waals surface area contributed by atoms with Gasteiger partial charge in [0.2, 0.25) is 0 Å². The number of carboxylic acids is 1. The smallest absolute Gasteiger partial charge is 0.265 e. The van der Waals surface area contributed by atoms with Gasteiger partial charge in [0.1, 0.15) is 5.75 Å². The van der Waals surface area contributed by atoms with E-state index in [1.165, 1.54) is 37.3 Å². The molecule has 5 nitrogen and oxygen atoms in total. The summed E-state index contributed by atoms with van der Waals surface area (Å²) in [7, 11) is 0. The van der Waals surface area contributed by atoms with Crippen LogP contribution in [0.3, 0.4) is 0 Å². The third kappa shape index (κ3) is 4.54. The van der Waals surface area contributed by atoms with Crippen LogP contribution >= 0.6 is 34.8 Å². The maximum atomic E-state index is 12.2. The van der Waals surface area contributed by atoms with Gasteiger partial charge in [-0.3, -0.25) is 4.79 Å². The molecule has 0 aliphatic rings. The van der Waals surface area contributed by atoms with E-state index in [2.05, 4.69) is 5.32 Å². The summed E-state index contributed by atoms with van der Waals surface area (Å²) in [5.74, 6) is -1.74. The van der Waals surface area contributed by atoms with Crippen molar-refractivity contribution in [3.63, 3.8) is 0 Å². The third-order valence-electron chi connectivity index (χ3n) is 3.03. The highest BCUT2D eigenvalue weighted by Gasteiger charge is 2.18. The van der Waals surface area contributed by atoms with E-state index in [1.54, 1.807) is 6.07 Å². The summed E-state index contributed by atoms with van der Waals surface area (Å²) in [6.45, 7) is 1.49. The molecule has 2 rings (SSSR count). The van der Waals surface area contributed by atoms with Crippen molar-refractivity contribution >= 4 is 52.4 Å². The predicted molar refractivity (Wildman–Crippen MR) is 91.0 cm³/mol. The number of ether oxygens (including phenoxy) is 1. The van der Waals surface area contributed by atoms with Crippen molar-refractivity contribution in [2.75, 3.05) is 5.32 Å². The Kier molecular flexibility index (Phi) is 5.94. The molecule has 1 N–H and O–H groups in total. The molecule has 126 valence electrons. The van der Waals surface area contributed by atoms with Crippen molar-refractivity contribution in [1.29, 1.82) is 0 Å². The molecule has 1 atom stereocenters. The molecule has 1 amide bonds. The van der Waals surface area contributed by atoms with Crippen LogP contribution in [-0.4, -0.2) is 18.0 Å². The van der Waals surface area contributed by atoms with Crippen LogP contribution in [0.15, 0.2) is 36.4 Å².